The molecule has 2 heterocycles. The number of aromatic nitrogens is 2. The number of hydrogen-bond acceptors (Lipinski definition) is 6. The van der Waals surface area contributed by atoms with Gasteiger partial charge in [0.05, 0.1) is 22.6 Å². The fourth-order valence-electron chi connectivity index (χ4n) is 2.29. The molecule has 2 aromatic rings. The Bertz CT molecular complexity index is 789. The summed E-state index contributed by atoms with van der Waals surface area (Å²) in [7, 11) is 0. The molecular formula is C14H16N3O4S-. The van der Waals surface area contributed by atoms with Crippen molar-refractivity contribution in [2.24, 2.45) is 0 Å². The van der Waals surface area contributed by atoms with E-state index in [1.807, 2.05) is 13.8 Å². The van der Waals surface area contributed by atoms with Crippen molar-refractivity contribution in [1.82, 2.24) is 14.5 Å². The van der Waals surface area contributed by atoms with Gasteiger partial charge in [0.25, 0.3) is 5.56 Å². The minimum atomic E-state index is -1.33. The zero-order chi connectivity index (χ0) is 16.4. The predicted octanol–water partition coefficient (Wildman–Crippen LogP) is -0.00168. The van der Waals surface area contributed by atoms with Crippen LogP contribution in [0, 0.1) is 6.92 Å². The first-order valence-corrected chi connectivity index (χ1v) is 7.69. The second-order valence-corrected chi connectivity index (χ2v) is 5.77. The maximum Gasteiger partial charge on any atom is 0.262 e. The van der Waals surface area contributed by atoms with Crippen molar-refractivity contribution in [2.75, 3.05) is 13.1 Å². The van der Waals surface area contributed by atoms with Gasteiger partial charge in [-0.1, -0.05) is 0 Å². The number of carboxylic acid groups (broad SMARTS) is 1. The Morgan fingerprint density at radius 1 is 1.36 bits per heavy atom. The average molecular weight is 322 g/mol. The van der Waals surface area contributed by atoms with E-state index in [4.69, 9.17) is 0 Å². The van der Waals surface area contributed by atoms with Gasteiger partial charge in [0, 0.05) is 13.1 Å². The highest BCUT2D eigenvalue weighted by atomic mass is 32.1. The molecule has 1 amide bonds. The topological polar surface area (TPSA) is 95.3 Å². The number of carbonyl (C=O) groups excluding carboxylic acids is 2. The molecule has 7 nitrogen and oxygen atoms in total. The van der Waals surface area contributed by atoms with Gasteiger partial charge in [-0.2, -0.15) is 0 Å². The lowest BCUT2D eigenvalue weighted by atomic mass is 10.2. The summed E-state index contributed by atoms with van der Waals surface area (Å²) in [5.41, 5.74) is -0.0751. The largest absolute Gasteiger partial charge is 0.544 e. The first-order chi connectivity index (χ1) is 10.4. The zero-order valence-electron chi connectivity index (χ0n) is 12.6. The maximum absolute atomic E-state index is 12.5. The summed E-state index contributed by atoms with van der Waals surface area (Å²) in [6.45, 7) is 6.28. The minimum Gasteiger partial charge on any atom is -0.544 e. The molecule has 0 spiro atoms. The van der Waals surface area contributed by atoms with Crippen molar-refractivity contribution in [3.05, 3.63) is 27.1 Å². The molecule has 2 aromatic heterocycles. The monoisotopic (exact) mass is 322 g/mol. The Balaban J connectivity index is 2.47. The first kappa shape index (κ1) is 16.2. The number of thiophene rings is 1. The van der Waals surface area contributed by atoms with Gasteiger partial charge in [-0.05, 0) is 26.3 Å². The van der Waals surface area contributed by atoms with Crippen LogP contribution in [-0.2, 0) is 11.3 Å². The van der Waals surface area contributed by atoms with Crippen LogP contribution in [0.15, 0.2) is 11.1 Å². The van der Waals surface area contributed by atoms with E-state index in [9.17, 15) is 19.5 Å². The highest BCUT2D eigenvalue weighted by Gasteiger charge is 2.17. The molecule has 0 aliphatic carbocycles. The molecule has 0 atom stereocenters. The Morgan fingerprint density at radius 2 is 2.00 bits per heavy atom. The summed E-state index contributed by atoms with van der Waals surface area (Å²) in [6, 6.07) is 0. The van der Waals surface area contributed by atoms with E-state index in [-0.39, 0.29) is 22.7 Å². The summed E-state index contributed by atoms with van der Waals surface area (Å²) in [5.74, 6) is -1.51. The molecule has 8 heteroatoms. The summed E-state index contributed by atoms with van der Waals surface area (Å²) in [4.78, 5) is 41.6. The Labute approximate surface area is 130 Å². The summed E-state index contributed by atoms with van der Waals surface area (Å²) in [5, 5.41) is 11.3. The van der Waals surface area contributed by atoms with Crippen molar-refractivity contribution >= 4 is 33.4 Å². The van der Waals surface area contributed by atoms with Crippen molar-refractivity contribution < 1.29 is 14.7 Å². The van der Waals surface area contributed by atoms with Gasteiger partial charge in [0.15, 0.2) is 0 Å². The van der Waals surface area contributed by atoms with E-state index in [2.05, 4.69) is 4.98 Å². The molecule has 0 radical (unpaired) electrons. The molecule has 0 unspecified atom stereocenters. The lowest BCUT2D eigenvalue weighted by Gasteiger charge is -2.18. The van der Waals surface area contributed by atoms with E-state index in [1.54, 1.807) is 11.8 Å². The van der Waals surface area contributed by atoms with E-state index >= 15 is 0 Å². The van der Waals surface area contributed by atoms with Gasteiger partial charge in [-0.3, -0.25) is 14.2 Å². The number of amides is 1. The molecule has 0 aromatic carbocycles. The van der Waals surface area contributed by atoms with Crippen LogP contribution in [0.1, 0.15) is 29.1 Å². The van der Waals surface area contributed by atoms with Crippen LogP contribution in [0.25, 0.3) is 10.2 Å². The molecule has 22 heavy (non-hydrogen) atoms. The molecule has 0 fully saturated rings. The van der Waals surface area contributed by atoms with Gasteiger partial charge in [-0.15, -0.1) is 11.3 Å². The average Bonchev–Trinajstić information content (AvgIpc) is 2.81. The van der Waals surface area contributed by atoms with Crippen LogP contribution in [0.3, 0.4) is 0 Å². The Kier molecular flexibility index (Phi) is 4.60. The molecule has 118 valence electrons. The zero-order valence-corrected chi connectivity index (χ0v) is 13.4. The van der Waals surface area contributed by atoms with E-state index in [0.29, 0.717) is 23.5 Å². The molecule has 0 bridgehead atoms. The van der Waals surface area contributed by atoms with Gasteiger partial charge < -0.3 is 14.8 Å². The second kappa shape index (κ2) is 6.27. The number of carbonyl (C=O) groups is 2. The van der Waals surface area contributed by atoms with Crippen molar-refractivity contribution in [3.8, 4) is 0 Å². The quantitative estimate of drug-likeness (QED) is 0.772. The lowest BCUT2D eigenvalue weighted by Crippen LogP contribution is -2.36. The highest BCUT2D eigenvalue weighted by Crippen LogP contribution is 2.25. The van der Waals surface area contributed by atoms with Crippen LogP contribution in [0.2, 0.25) is 0 Å². The number of hydrogen-bond donors (Lipinski definition) is 0. The molecular weight excluding hydrogens is 306 g/mol. The van der Waals surface area contributed by atoms with Crippen molar-refractivity contribution in [3.63, 3.8) is 0 Å². The fourth-order valence-corrected chi connectivity index (χ4v) is 3.26. The van der Waals surface area contributed by atoms with Gasteiger partial charge in [-0.25, -0.2) is 4.98 Å². The summed E-state index contributed by atoms with van der Waals surface area (Å²) >= 11 is 0.907. The third-order valence-electron chi connectivity index (χ3n) is 3.52. The highest BCUT2D eigenvalue weighted by molar-refractivity contribution is 7.20. The molecule has 0 saturated carbocycles. The van der Waals surface area contributed by atoms with E-state index < -0.39 is 11.5 Å². The maximum atomic E-state index is 12.5. The smallest absolute Gasteiger partial charge is 0.262 e. The van der Waals surface area contributed by atoms with E-state index in [1.165, 1.54) is 10.9 Å². The molecule has 0 aliphatic heterocycles. The lowest BCUT2D eigenvalue weighted by molar-refractivity contribution is -0.254. The number of carboxylic acids is 1. The molecule has 0 saturated heterocycles. The number of likely N-dealkylation sites (N-methyl/N-ethyl adjacent to an activating group) is 1. The van der Waals surface area contributed by atoms with E-state index in [0.717, 1.165) is 11.3 Å². The van der Waals surface area contributed by atoms with Gasteiger partial charge in [0.1, 0.15) is 11.4 Å². The molecule has 0 aliphatic rings. The second-order valence-electron chi connectivity index (χ2n) is 4.77. The molecule has 2 rings (SSSR count). The number of nitrogens with zero attached hydrogens (tertiary/aromatic N) is 3. The standard InChI is InChI=1S/C14H17N3O4S/c1-4-16(5-2)9(18)6-17-7-15-12-10(13(17)19)8(3)11(22-12)14(20)21/h7H,4-6H2,1-3H3,(H,20,21)/p-1. The van der Waals surface area contributed by atoms with Crippen molar-refractivity contribution in [1.29, 1.82) is 0 Å². The number of aromatic carboxylic acids is 1. The van der Waals surface area contributed by atoms with Crippen molar-refractivity contribution in [2.45, 2.75) is 27.3 Å². The first-order valence-electron chi connectivity index (χ1n) is 6.88. The van der Waals surface area contributed by atoms with Crippen LogP contribution < -0.4 is 10.7 Å². The minimum absolute atomic E-state index is 0.00702. The number of rotatable bonds is 5. The van der Waals surface area contributed by atoms with Crippen LogP contribution in [0.4, 0.5) is 0 Å². The Morgan fingerprint density at radius 3 is 2.55 bits per heavy atom. The molecule has 0 N–H and O–H groups in total. The number of aryl methyl sites for hydroxylation is 1. The van der Waals surface area contributed by atoms with Crippen LogP contribution >= 0.6 is 11.3 Å². The summed E-state index contributed by atoms with van der Waals surface area (Å²) < 4.78 is 1.21. The number of fused-ring (bicyclic) bond motifs is 1. The normalized spacial score (nSPS) is 10.9. The SMILES string of the molecule is CCN(CC)C(=O)Cn1cnc2sc(C(=O)[O-])c(C)c2c1=O. The fraction of sp³-hybridized carbons (Fsp3) is 0.429. The predicted molar refractivity (Wildman–Crippen MR) is 80.9 cm³/mol. The summed E-state index contributed by atoms with van der Waals surface area (Å²) in [6.07, 6.45) is 1.28. The van der Waals surface area contributed by atoms with Gasteiger partial charge >= 0.3 is 0 Å². The van der Waals surface area contributed by atoms with Gasteiger partial charge in [0.2, 0.25) is 5.91 Å². The third-order valence-corrected chi connectivity index (χ3v) is 4.70. The van der Waals surface area contributed by atoms with Crippen LogP contribution in [0.5, 0.6) is 0 Å². The van der Waals surface area contributed by atoms with Crippen LogP contribution in [-0.4, -0.2) is 39.4 Å². The Hall–Kier alpha value is -2.22. The third kappa shape index (κ3) is 2.74.